The number of likely N-dealkylation sites (tertiary alicyclic amines) is 1. The number of rotatable bonds is 13. The lowest BCUT2D eigenvalue weighted by Crippen LogP contribution is -2.38. The molecule has 0 saturated carbocycles. The molecule has 2 aromatic heterocycles. The number of aromatic nitrogens is 4. The number of carbonyl (C=O) groups is 3. The topological polar surface area (TPSA) is 177 Å². The maximum atomic E-state index is 11.7. The van der Waals surface area contributed by atoms with Crippen LogP contribution in [0.3, 0.4) is 0 Å². The monoisotopic (exact) mass is 645 g/mol. The van der Waals surface area contributed by atoms with Gasteiger partial charge < -0.3 is 29.7 Å². The molecule has 1 aliphatic rings. The summed E-state index contributed by atoms with van der Waals surface area (Å²) in [6, 6.07) is 24.3. The van der Waals surface area contributed by atoms with Gasteiger partial charge in [-0.3, -0.25) is 4.79 Å². The molecule has 13 nitrogen and oxygen atoms in total. The summed E-state index contributed by atoms with van der Waals surface area (Å²) in [5.41, 5.74) is 1.63. The molecule has 0 spiro atoms. The number of benzene rings is 2. The van der Waals surface area contributed by atoms with E-state index < -0.39 is 23.3 Å². The summed E-state index contributed by atoms with van der Waals surface area (Å²) in [6.07, 6.45) is 4.11. The molecule has 0 amide bonds. The Hall–Kier alpha value is -5.14. The molecule has 3 N–H and O–H groups in total. The van der Waals surface area contributed by atoms with Crippen LogP contribution in [0.1, 0.15) is 56.2 Å². The molecule has 0 aliphatic carbocycles. The zero-order valence-corrected chi connectivity index (χ0v) is 26.3. The Morgan fingerprint density at radius 1 is 0.872 bits per heavy atom. The second-order valence-electron chi connectivity index (χ2n) is 11.5. The van der Waals surface area contributed by atoms with Gasteiger partial charge in [0.1, 0.15) is 11.5 Å². The van der Waals surface area contributed by atoms with Gasteiger partial charge in [-0.1, -0.05) is 60.7 Å². The number of ether oxygens (including phenoxy) is 2. The molecule has 0 atom stereocenters. The van der Waals surface area contributed by atoms with Crippen LogP contribution in [0.5, 0.6) is 5.88 Å². The number of hydrogen-bond acceptors (Lipinski definition) is 9. The smallest absolute Gasteiger partial charge is 0.328 e. The third-order valence-corrected chi connectivity index (χ3v) is 7.64. The minimum Gasteiger partial charge on any atom is -0.481 e. The summed E-state index contributed by atoms with van der Waals surface area (Å²) in [5.74, 6) is -2.82. The Labute approximate surface area is 272 Å². The van der Waals surface area contributed by atoms with E-state index in [0.29, 0.717) is 30.3 Å². The van der Waals surface area contributed by atoms with E-state index >= 15 is 0 Å². The van der Waals surface area contributed by atoms with Crippen molar-refractivity contribution in [2.24, 2.45) is 0 Å². The average molecular weight is 646 g/mol. The van der Waals surface area contributed by atoms with Crippen LogP contribution in [0.2, 0.25) is 0 Å². The van der Waals surface area contributed by atoms with Gasteiger partial charge >= 0.3 is 17.9 Å². The Morgan fingerprint density at radius 2 is 1.45 bits per heavy atom. The van der Waals surface area contributed by atoms with E-state index in [1.54, 1.807) is 26.0 Å². The van der Waals surface area contributed by atoms with Gasteiger partial charge in [0, 0.05) is 37.9 Å². The van der Waals surface area contributed by atoms with E-state index in [-0.39, 0.29) is 18.0 Å². The largest absolute Gasteiger partial charge is 0.481 e. The van der Waals surface area contributed by atoms with Crippen LogP contribution in [0, 0.1) is 0 Å². The second-order valence-corrected chi connectivity index (χ2v) is 11.5. The van der Waals surface area contributed by atoms with Crippen LogP contribution in [0.15, 0.2) is 84.9 Å². The highest BCUT2D eigenvalue weighted by molar-refractivity contribution is 5.89. The number of carboxylic acids is 3. The minimum atomic E-state index is -1.26. The van der Waals surface area contributed by atoms with Crippen molar-refractivity contribution < 1.29 is 39.2 Å². The van der Waals surface area contributed by atoms with Crippen LogP contribution in [0.4, 0.5) is 0 Å². The molecule has 13 heteroatoms. The molecule has 1 aliphatic heterocycles. The van der Waals surface area contributed by atoms with Crippen LogP contribution in [-0.2, 0) is 24.5 Å². The molecule has 2 aromatic carbocycles. The van der Waals surface area contributed by atoms with Crippen molar-refractivity contribution in [1.82, 2.24) is 24.7 Å². The minimum absolute atomic E-state index is 0.0607. The normalized spacial score (nSPS) is 14.2. The van der Waals surface area contributed by atoms with Gasteiger partial charge in [-0.25, -0.2) is 9.59 Å². The summed E-state index contributed by atoms with van der Waals surface area (Å²) in [6.45, 7) is 6.58. The van der Waals surface area contributed by atoms with E-state index in [1.807, 2.05) is 12.1 Å². The summed E-state index contributed by atoms with van der Waals surface area (Å²) in [7, 11) is 0. The first-order valence-corrected chi connectivity index (χ1v) is 15.3. The van der Waals surface area contributed by atoms with Gasteiger partial charge in [0.2, 0.25) is 5.88 Å². The number of carboxylic acid groups (broad SMARTS) is 3. The molecule has 1 saturated heterocycles. The number of nitrogens with zero attached hydrogens (tertiary/aromatic N) is 5. The first-order valence-electron chi connectivity index (χ1n) is 15.3. The quantitative estimate of drug-likeness (QED) is 0.139. The fourth-order valence-electron chi connectivity index (χ4n) is 5.01. The first-order chi connectivity index (χ1) is 22.5. The molecule has 0 radical (unpaired) electrons. The lowest BCUT2D eigenvalue weighted by molar-refractivity contribution is -0.143. The van der Waals surface area contributed by atoms with Crippen molar-refractivity contribution in [2.45, 2.75) is 50.7 Å². The number of aliphatic carboxylic acids is 3. The Kier molecular flexibility index (Phi) is 12.1. The second kappa shape index (κ2) is 16.4. The zero-order chi connectivity index (χ0) is 33.8. The molecule has 5 rings (SSSR count). The van der Waals surface area contributed by atoms with E-state index in [4.69, 9.17) is 19.7 Å². The highest BCUT2D eigenvalue weighted by Gasteiger charge is 2.35. The predicted octanol–water partition coefficient (Wildman–Crippen LogP) is 4.24. The van der Waals surface area contributed by atoms with Crippen LogP contribution in [0.25, 0.3) is 5.65 Å². The summed E-state index contributed by atoms with van der Waals surface area (Å²) in [5, 5.41) is 37.7. The lowest BCUT2D eigenvalue weighted by atomic mass is 9.93. The van der Waals surface area contributed by atoms with Gasteiger partial charge in [-0.05, 0) is 50.3 Å². The fourth-order valence-corrected chi connectivity index (χ4v) is 5.01. The molecule has 4 aromatic rings. The molecule has 3 heterocycles. The highest BCUT2D eigenvalue weighted by Crippen LogP contribution is 2.30. The summed E-state index contributed by atoms with van der Waals surface area (Å²) >= 11 is 0. The molecule has 0 bridgehead atoms. The van der Waals surface area contributed by atoms with E-state index in [0.717, 1.165) is 38.9 Å². The number of hydrogen-bond donors (Lipinski definition) is 3. The zero-order valence-electron chi connectivity index (χ0n) is 26.3. The highest BCUT2D eigenvalue weighted by atomic mass is 16.5. The Morgan fingerprint density at radius 3 is 1.98 bits per heavy atom. The maximum absolute atomic E-state index is 11.7. The van der Waals surface area contributed by atoms with E-state index in [2.05, 4.69) is 68.7 Å². The Bertz CT molecular complexity index is 1600. The average Bonchev–Trinajstić information content (AvgIpc) is 3.50. The van der Waals surface area contributed by atoms with E-state index in [1.165, 1.54) is 15.6 Å². The molecular weight excluding hydrogens is 606 g/mol. The van der Waals surface area contributed by atoms with Gasteiger partial charge in [-0.2, -0.15) is 4.52 Å². The van der Waals surface area contributed by atoms with Crippen molar-refractivity contribution in [3.05, 3.63) is 102 Å². The van der Waals surface area contributed by atoms with Gasteiger partial charge in [0.25, 0.3) is 0 Å². The standard InChI is InChI=1S/C30H35N5O4.C4H4O4/c1-30(2,29(36)37)28-32-31-25-14-15-26(33-35(25)28)38-21-9-18-34-19-16-24(17-20-34)39-27(22-10-5-3-6-11-22)23-12-7-4-8-13-23;5-3(6)1-2-4(7)8/h3-8,10-15,24,27H,9,16-21H2,1-2H3,(H,36,37);1-2H,(H,5,6)(H,7,8). The van der Waals surface area contributed by atoms with Crippen molar-refractivity contribution >= 4 is 23.6 Å². The van der Waals surface area contributed by atoms with Crippen LogP contribution < -0.4 is 4.74 Å². The molecule has 248 valence electrons. The number of fused-ring (bicyclic) bond motifs is 1. The molecule has 47 heavy (non-hydrogen) atoms. The third kappa shape index (κ3) is 9.92. The van der Waals surface area contributed by atoms with Gasteiger partial charge in [0.05, 0.1) is 12.7 Å². The van der Waals surface area contributed by atoms with Crippen molar-refractivity contribution in [3.63, 3.8) is 0 Å². The van der Waals surface area contributed by atoms with Gasteiger partial charge in [-0.15, -0.1) is 15.3 Å². The van der Waals surface area contributed by atoms with Crippen molar-refractivity contribution in [2.75, 3.05) is 26.2 Å². The summed E-state index contributed by atoms with van der Waals surface area (Å²) in [4.78, 5) is 33.2. The first kappa shape index (κ1) is 34.7. The molecule has 0 unspecified atom stereocenters. The fraction of sp³-hybridized carbons (Fsp3) is 0.353. The lowest BCUT2D eigenvalue weighted by Gasteiger charge is -2.34. The predicted molar refractivity (Wildman–Crippen MR) is 171 cm³/mol. The van der Waals surface area contributed by atoms with Crippen LogP contribution >= 0.6 is 0 Å². The van der Waals surface area contributed by atoms with E-state index in [9.17, 15) is 19.5 Å². The van der Waals surface area contributed by atoms with Crippen molar-refractivity contribution in [1.29, 1.82) is 0 Å². The number of piperidine rings is 1. The molecule has 1 fully saturated rings. The maximum Gasteiger partial charge on any atom is 0.328 e. The van der Waals surface area contributed by atoms with Gasteiger partial charge in [0.15, 0.2) is 11.5 Å². The summed E-state index contributed by atoms with van der Waals surface area (Å²) < 4.78 is 14.0. The van der Waals surface area contributed by atoms with Crippen LogP contribution in [-0.4, -0.2) is 90.3 Å². The molecular formula is C34H39N5O8. The van der Waals surface area contributed by atoms with Crippen molar-refractivity contribution in [3.8, 4) is 5.88 Å². The third-order valence-electron chi connectivity index (χ3n) is 7.64. The Balaban J connectivity index is 0.000000555. The SMILES string of the molecule is CC(C)(C(=O)O)c1nnc2ccc(OCCCN3CCC(OC(c4ccccc4)c4ccccc4)CC3)nn12.O=C(O)C=CC(=O)O.